The predicted octanol–water partition coefficient (Wildman–Crippen LogP) is 4.48. The normalized spacial score (nSPS) is 25.7. The van der Waals surface area contributed by atoms with E-state index in [4.69, 9.17) is 16.3 Å². The fraction of sp³-hybridized carbons (Fsp3) is 0.346. The fourth-order valence-corrected chi connectivity index (χ4v) is 5.54. The predicted molar refractivity (Wildman–Crippen MR) is 126 cm³/mol. The van der Waals surface area contributed by atoms with Crippen LogP contribution in [0.1, 0.15) is 37.9 Å². The lowest BCUT2D eigenvalue weighted by Crippen LogP contribution is -2.47. The third-order valence-electron chi connectivity index (χ3n) is 6.85. The van der Waals surface area contributed by atoms with Crippen molar-refractivity contribution in [1.82, 2.24) is 4.90 Å². The van der Waals surface area contributed by atoms with Crippen molar-refractivity contribution in [2.24, 2.45) is 17.3 Å². The first-order valence-corrected chi connectivity index (χ1v) is 11.3. The third-order valence-corrected chi connectivity index (χ3v) is 7.09. The van der Waals surface area contributed by atoms with E-state index in [1.54, 1.807) is 18.2 Å². The van der Waals surface area contributed by atoms with Crippen LogP contribution in [-0.2, 0) is 14.4 Å². The Kier molecular flexibility index (Phi) is 4.90. The molecule has 0 spiro atoms. The number of methoxy groups -OCH3 is 1. The first-order valence-electron chi connectivity index (χ1n) is 11.0. The van der Waals surface area contributed by atoms with Gasteiger partial charge in [0.1, 0.15) is 11.8 Å². The molecule has 0 aromatic heterocycles. The Morgan fingerprint density at radius 1 is 1.03 bits per heavy atom. The third kappa shape index (κ3) is 3.11. The molecule has 7 heteroatoms. The Hall–Kier alpha value is -3.12. The summed E-state index contributed by atoms with van der Waals surface area (Å²) in [6.45, 7) is 5.54. The molecular weight excluding hydrogens is 440 g/mol. The Morgan fingerprint density at radius 2 is 1.73 bits per heavy atom. The summed E-state index contributed by atoms with van der Waals surface area (Å²) in [5.74, 6) is -1.91. The first-order chi connectivity index (χ1) is 15.6. The van der Waals surface area contributed by atoms with E-state index in [1.165, 1.54) is 12.0 Å². The van der Waals surface area contributed by atoms with Crippen LogP contribution in [0.15, 0.2) is 48.7 Å². The van der Waals surface area contributed by atoms with E-state index >= 15 is 0 Å². The molecule has 2 aromatic carbocycles. The number of ether oxygens (including phenoxy) is 1. The number of halogens is 1. The van der Waals surface area contributed by atoms with Crippen LogP contribution in [0, 0.1) is 17.3 Å². The topological polar surface area (TPSA) is 66.9 Å². The SMILES string of the molecule is COc1ccc(Cl)cc1N1C(=O)[C@@H]2[C@H](C1=O)C1c3ccccc3C=CN1[C@@H]2C(=O)C(C)(C)C. The van der Waals surface area contributed by atoms with Crippen LogP contribution < -0.4 is 9.64 Å². The minimum absolute atomic E-state index is 0.0647. The molecule has 2 saturated heterocycles. The van der Waals surface area contributed by atoms with Crippen molar-refractivity contribution in [2.75, 3.05) is 12.0 Å². The second-order valence-electron chi connectivity index (χ2n) is 9.78. The number of carbonyl (C=O) groups is 3. The van der Waals surface area contributed by atoms with E-state index in [9.17, 15) is 14.4 Å². The Morgan fingerprint density at radius 3 is 2.42 bits per heavy atom. The average molecular weight is 465 g/mol. The number of ketones is 1. The molecule has 2 fully saturated rings. The summed E-state index contributed by atoms with van der Waals surface area (Å²) in [7, 11) is 1.48. The van der Waals surface area contributed by atoms with Gasteiger partial charge in [0.2, 0.25) is 11.8 Å². The number of hydrogen-bond donors (Lipinski definition) is 0. The van der Waals surface area contributed by atoms with Gasteiger partial charge in [-0.25, -0.2) is 4.90 Å². The standard InChI is InChI=1S/C26H25ClN2O4/c1-26(2,3)23(30)22-20-19(21-16-8-6-5-7-14(16)11-12-28(21)22)24(31)29(25(20)32)17-13-15(27)9-10-18(17)33-4/h5-13,19-22H,1-4H3/t19-,20+,21?,22-/m0/s1. The van der Waals surface area contributed by atoms with Gasteiger partial charge in [-0.1, -0.05) is 56.6 Å². The zero-order chi connectivity index (χ0) is 23.7. The smallest absolute Gasteiger partial charge is 0.240 e. The molecular formula is C26H25ClN2O4. The Balaban J connectivity index is 1.69. The van der Waals surface area contributed by atoms with Crippen LogP contribution in [-0.4, -0.2) is 35.6 Å². The zero-order valence-electron chi connectivity index (χ0n) is 18.9. The highest BCUT2D eigenvalue weighted by molar-refractivity contribution is 6.32. The average Bonchev–Trinajstić information content (AvgIpc) is 3.25. The molecule has 6 nitrogen and oxygen atoms in total. The molecule has 0 bridgehead atoms. The number of Topliss-reactive ketones (excluding diaryl/α,β-unsaturated/α-hetero) is 1. The van der Waals surface area contributed by atoms with Crippen LogP contribution in [0.5, 0.6) is 5.75 Å². The maximum absolute atomic E-state index is 13.9. The van der Waals surface area contributed by atoms with E-state index in [2.05, 4.69) is 0 Å². The van der Waals surface area contributed by atoms with Gasteiger partial charge in [-0.15, -0.1) is 0 Å². The molecule has 0 saturated carbocycles. The quantitative estimate of drug-likeness (QED) is 0.626. The summed E-state index contributed by atoms with van der Waals surface area (Å²) < 4.78 is 5.43. The Bertz CT molecular complexity index is 1220. The van der Waals surface area contributed by atoms with Gasteiger partial charge in [-0.05, 0) is 35.4 Å². The van der Waals surface area contributed by atoms with Gasteiger partial charge in [0.25, 0.3) is 0 Å². The highest BCUT2D eigenvalue weighted by Gasteiger charge is 2.65. The first kappa shape index (κ1) is 21.7. The largest absolute Gasteiger partial charge is 0.495 e. The lowest BCUT2D eigenvalue weighted by molar-refractivity contribution is -0.135. The number of rotatable bonds is 3. The maximum Gasteiger partial charge on any atom is 0.240 e. The zero-order valence-corrected chi connectivity index (χ0v) is 19.7. The lowest BCUT2D eigenvalue weighted by atomic mass is 9.79. The molecule has 2 aromatic rings. The number of fused-ring (bicyclic) bond motifs is 5. The van der Waals surface area contributed by atoms with Gasteiger partial charge in [0.15, 0.2) is 5.78 Å². The summed E-state index contributed by atoms with van der Waals surface area (Å²) in [5.41, 5.74) is 1.56. The van der Waals surface area contributed by atoms with Crippen molar-refractivity contribution in [1.29, 1.82) is 0 Å². The monoisotopic (exact) mass is 464 g/mol. The van der Waals surface area contributed by atoms with E-state index in [1.807, 2.05) is 62.2 Å². The van der Waals surface area contributed by atoms with Gasteiger partial charge in [-0.2, -0.15) is 0 Å². The number of benzene rings is 2. The van der Waals surface area contributed by atoms with Crippen LogP contribution >= 0.6 is 11.6 Å². The number of amides is 2. The second kappa shape index (κ2) is 7.45. The molecule has 2 amide bonds. The van der Waals surface area contributed by atoms with E-state index in [0.717, 1.165) is 11.1 Å². The van der Waals surface area contributed by atoms with Gasteiger partial charge in [0, 0.05) is 16.6 Å². The summed E-state index contributed by atoms with van der Waals surface area (Å²) in [4.78, 5) is 44.5. The number of anilines is 1. The van der Waals surface area contributed by atoms with Crippen LogP contribution in [0.3, 0.4) is 0 Å². The van der Waals surface area contributed by atoms with Crippen molar-refractivity contribution in [3.63, 3.8) is 0 Å². The van der Waals surface area contributed by atoms with E-state index < -0.39 is 35.2 Å². The highest BCUT2D eigenvalue weighted by atomic mass is 35.5. The van der Waals surface area contributed by atoms with Gasteiger partial charge >= 0.3 is 0 Å². The molecule has 170 valence electrons. The number of nitrogens with zero attached hydrogens (tertiary/aromatic N) is 2. The maximum atomic E-state index is 13.9. The van der Waals surface area contributed by atoms with Crippen molar-refractivity contribution in [3.8, 4) is 5.75 Å². The highest BCUT2D eigenvalue weighted by Crippen LogP contribution is 2.55. The molecule has 5 rings (SSSR count). The van der Waals surface area contributed by atoms with Gasteiger partial charge in [-0.3, -0.25) is 14.4 Å². The van der Waals surface area contributed by atoms with E-state index in [0.29, 0.717) is 16.5 Å². The molecule has 3 aliphatic rings. The molecule has 3 aliphatic heterocycles. The molecule has 0 radical (unpaired) electrons. The minimum Gasteiger partial charge on any atom is -0.495 e. The number of carbonyl (C=O) groups excluding carboxylic acids is 3. The van der Waals surface area contributed by atoms with E-state index in [-0.39, 0.29) is 11.7 Å². The van der Waals surface area contributed by atoms with Crippen molar-refractivity contribution in [2.45, 2.75) is 32.9 Å². The van der Waals surface area contributed by atoms with Crippen molar-refractivity contribution >= 4 is 41.0 Å². The van der Waals surface area contributed by atoms with Crippen molar-refractivity contribution < 1.29 is 19.1 Å². The second-order valence-corrected chi connectivity index (χ2v) is 10.2. The van der Waals surface area contributed by atoms with Crippen LogP contribution in [0.4, 0.5) is 5.69 Å². The molecule has 0 aliphatic carbocycles. The summed E-state index contributed by atoms with van der Waals surface area (Å²) in [6, 6.07) is 11.5. The molecule has 3 heterocycles. The number of imide groups is 1. The van der Waals surface area contributed by atoms with Gasteiger partial charge < -0.3 is 9.64 Å². The fourth-order valence-electron chi connectivity index (χ4n) is 5.38. The number of hydrogen-bond acceptors (Lipinski definition) is 5. The molecule has 0 N–H and O–H groups in total. The molecule has 33 heavy (non-hydrogen) atoms. The summed E-state index contributed by atoms with van der Waals surface area (Å²) >= 11 is 6.21. The summed E-state index contributed by atoms with van der Waals surface area (Å²) in [5, 5.41) is 0.387. The van der Waals surface area contributed by atoms with Crippen LogP contribution in [0.25, 0.3) is 6.08 Å². The van der Waals surface area contributed by atoms with Crippen LogP contribution in [0.2, 0.25) is 5.02 Å². The molecule has 4 atom stereocenters. The van der Waals surface area contributed by atoms with Gasteiger partial charge in [0.05, 0.1) is 30.7 Å². The van der Waals surface area contributed by atoms with Crippen molar-refractivity contribution in [3.05, 3.63) is 64.8 Å². The minimum atomic E-state index is -0.797. The lowest BCUT2D eigenvalue weighted by Gasteiger charge is -2.37. The summed E-state index contributed by atoms with van der Waals surface area (Å²) in [6.07, 6.45) is 3.81. The Labute approximate surface area is 197 Å². The molecule has 1 unspecified atom stereocenters.